The summed E-state index contributed by atoms with van der Waals surface area (Å²) in [6.45, 7) is 5.06. The first-order valence-corrected chi connectivity index (χ1v) is 8.30. The van der Waals surface area contributed by atoms with Gasteiger partial charge in [0.1, 0.15) is 18.5 Å². The fourth-order valence-corrected chi connectivity index (χ4v) is 3.10. The normalized spacial score (nSPS) is 18.0. The summed E-state index contributed by atoms with van der Waals surface area (Å²) in [5, 5.41) is 17.3. The Bertz CT molecular complexity index is 575. The Morgan fingerprint density at radius 3 is 2.65 bits per heavy atom. The number of likely N-dealkylation sites (tertiary alicyclic amines) is 1. The predicted molar refractivity (Wildman–Crippen MR) is 89.7 cm³/mol. The first-order chi connectivity index (χ1) is 11.2. The number of H-pyrrole nitrogens is 1. The third-order valence-corrected chi connectivity index (χ3v) is 4.48. The molecule has 0 bridgehead atoms. The lowest BCUT2D eigenvalue weighted by atomic mass is 9.93. The number of aryl methyl sites for hydroxylation is 1. The number of aliphatic hydroxyl groups excluding tert-OH is 1. The van der Waals surface area contributed by atoms with Crippen molar-refractivity contribution in [1.82, 2.24) is 15.1 Å². The number of ether oxygens (including phenoxy) is 1. The molecule has 1 saturated heterocycles. The van der Waals surface area contributed by atoms with E-state index in [-0.39, 0.29) is 0 Å². The zero-order valence-electron chi connectivity index (χ0n) is 13.6. The van der Waals surface area contributed by atoms with E-state index in [9.17, 15) is 5.11 Å². The van der Waals surface area contributed by atoms with Crippen molar-refractivity contribution in [3.63, 3.8) is 0 Å². The summed E-state index contributed by atoms with van der Waals surface area (Å²) >= 11 is 0. The van der Waals surface area contributed by atoms with E-state index in [4.69, 9.17) is 4.74 Å². The highest BCUT2D eigenvalue weighted by Gasteiger charge is 2.23. The maximum Gasteiger partial charge on any atom is 0.119 e. The number of nitrogens with zero attached hydrogens (tertiary/aromatic N) is 2. The van der Waals surface area contributed by atoms with Crippen LogP contribution in [0.2, 0.25) is 0 Å². The van der Waals surface area contributed by atoms with E-state index in [1.165, 1.54) is 11.3 Å². The van der Waals surface area contributed by atoms with Gasteiger partial charge in [-0.1, -0.05) is 17.7 Å². The number of aromatic nitrogens is 2. The van der Waals surface area contributed by atoms with Crippen molar-refractivity contribution in [2.24, 2.45) is 0 Å². The summed E-state index contributed by atoms with van der Waals surface area (Å²) in [6, 6.07) is 9.98. The van der Waals surface area contributed by atoms with E-state index in [0.29, 0.717) is 19.1 Å². The molecule has 1 fully saturated rings. The molecular formula is C18H25N3O2. The molecule has 2 heterocycles. The van der Waals surface area contributed by atoms with Crippen LogP contribution in [-0.4, -0.2) is 52.5 Å². The molecule has 0 amide bonds. The first kappa shape index (κ1) is 16.0. The lowest BCUT2D eigenvalue weighted by Gasteiger charge is -2.32. The molecule has 5 heteroatoms. The maximum absolute atomic E-state index is 10.2. The van der Waals surface area contributed by atoms with E-state index in [2.05, 4.69) is 21.2 Å². The van der Waals surface area contributed by atoms with E-state index in [0.717, 1.165) is 31.7 Å². The summed E-state index contributed by atoms with van der Waals surface area (Å²) in [5.74, 6) is 1.38. The molecule has 23 heavy (non-hydrogen) atoms. The lowest BCUT2D eigenvalue weighted by Crippen LogP contribution is -2.40. The van der Waals surface area contributed by atoms with Gasteiger partial charge in [0, 0.05) is 24.4 Å². The lowest BCUT2D eigenvalue weighted by molar-refractivity contribution is 0.0592. The number of β-amino-alcohol motifs (C(OH)–C–C–N with tert-alkyl or cyclic N) is 1. The third kappa shape index (κ3) is 4.56. The highest BCUT2D eigenvalue weighted by atomic mass is 16.5. The number of hydrogen-bond donors (Lipinski definition) is 2. The fraction of sp³-hybridized carbons (Fsp3) is 0.500. The van der Waals surface area contributed by atoms with Crippen LogP contribution in [0.25, 0.3) is 0 Å². The van der Waals surface area contributed by atoms with Gasteiger partial charge < -0.3 is 14.7 Å². The van der Waals surface area contributed by atoms with E-state index in [1.807, 2.05) is 37.4 Å². The van der Waals surface area contributed by atoms with Crippen molar-refractivity contribution in [3.8, 4) is 5.75 Å². The second kappa shape index (κ2) is 7.62. The van der Waals surface area contributed by atoms with Crippen molar-refractivity contribution < 1.29 is 9.84 Å². The standard InChI is InChI=1S/C18H25N3O2/c1-14-2-4-17(5-3-14)23-13-16(22)12-21-10-7-15(8-11-21)18-6-9-19-20-18/h2-6,9,15-16,22H,7-8,10-13H2,1H3,(H,19,20)/t16-/m0/s1. The summed E-state index contributed by atoms with van der Waals surface area (Å²) in [6.07, 6.45) is 3.56. The number of nitrogens with one attached hydrogen (secondary N) is 1. The summed E-state index contributed by atoms with van der Waals surface area (Å²) in [4.78, 5) is 2.32. The second-order valence-electron chi connectivity index (χ2n) is 6.36. The van der Waals surface area contributed by atoms with Crippen molar-refractivity contribution in [2.75, 3.05) is 26.2 Å². The van der Waals surface area contributed by atoms with Gasteiger partial charge in [0.05, 0.1) is 0 Å². The number of aliphatic hydroxyl groups is 1. The molecule has 2 N–H and O–H groups in total. The molecular weight excluding hydrogens is 290 g/mol. The SMILES string of the molecule is Cc1ccc(OC[C@@H](O)CN2CCC(c3ccn[nH]3)CC2)cc1. The zero-order chi connectivity index (χ0) is 16.1. The zero-order valence-corrected chi connectivity index (χ0v) is 13.6. The second-order valence-corrected chi connectivity index (χ2v) is 6.36. The van der Waals surface area contributed by atoms with Crippen LogP contribution in [0.3, 0.4) is 0 Å². The molecule has 0 saturated carbocycles. The van der Waals surface area contributed by atoms with Crippen LogP contribution in [-0.2, 0) is 0 Å². The first-order valence-electron chi connectivity index (χ1n) is 8.30. The van der Waals surface area contributed by atoms with Gasteiger partial charge in [-0.15, -0.1) is 0 Å². The average molecular weight is 315 g/mol. The smallest absolute Gasteiger partial charge is 0.119 e. The Balaban J connectivity index is 1.39. The summed E-state index contributed by atoms with van der Waals surface area (Å²) in [5.41, 5.74) is 2.44. The number of aromatic amines is 1. The largest absolute Gasteiger partial charge is 0.491 e. The Morgan fingerprint density at radius 2 is 2.00 bits per heavy atom. The molecule has 5 nitrogen and oxygen atoms in total. The van der Waals surface area contributed by atoms with Gasteiger partial charge in [0.25, 0.3) is 0 Å². The van der Waals surface area contributed by atoms with Crippen LogP contribution in [0, 0.1) is 6.92 Å². The molecule has 0 aliphatic carbocycles. The molecule has 1 aliphatic heterocycles. The molecule has 1 atom stereocenters. The average Bonchev–Trinajstić information content (AvgIpc) is 3.09. The van der Waals surface area contributed by atoms with Gasteiger partial charge in [-0.3, -0.25) is 5.10 Å². The van der Waals surface area contributed by atoms with E-state index >= 15 is 0 Å². The van der Waals surface area contributed by atoms with Gasteiger partial charge in [-0.25, -0.2) is 0 Å². The van der Waals surface area contributed by atoms with Crippen LogP contribution in [0.15, 0.2) is 36.5 Å². The van der Waals surface area contributed by atoms with Crippen LogP contribution in [0.1, 0.15) is 30.0 Å². The molecule has 2 aromatic rings. The molecule has 1 aromatic heterocycles. The molecule has 0 radical (unpaired) electrons. The number of benzene rings is 1. The van der Waals surface area contributed by atoms with Crippen LogP contribution < -0.4 is 4.74 Å². The molecule has 1 aliphatic rings. The van der Waals surface area contributed by atoms with Crippen molar-refractivity contribution in [1.29, 1.82) is 0 Å². The monoisotopic (exact) mass is 315 g/mol. The highest BCUT2D eigenvalue weighted by Crippen LogP contribution is 2.26. The topological polar surface area (TPSA) is 61.4 Å². The Morgan fingerprint density at radius 1 is 1.26 bits per heavy atom. The summed E-state index contributed by atoms with van der Waals surface area (Å²) < 4.78 is 5.65. The van der Waals surface area contributed by atoms with Crippen molar-refractivity contribution in [2.45, 2.75) is 31.8 Å². The predicted octanol–water partition coefficient (Wildman–Crippen LogP) is 2.34. The molecule has 124 valence electrons. The van der Waals surface area contributed by atoms with Gasteiger partial charge in [0.2, 0.25) is 0 Å². The molecule has 1 aromatic carbocycles. The minimum atomic E-state index is -0.458. The van der Waals surface area contributed by atoms with Crippen LogP contribution >= 0.6 is 0 Å². The minimum absolute atomic E-state index is 0.337. The number of hydrogen-bond acceptors (Lipinski definition) is 4. The van der Waals surface area contributed by atoms with Crippen LogP contribution in [0.5, 0.6) is 5.75 Å². The van der Waals surface area contributed by atoms with Crippen molar-refractivity contribution >= 4 is 0 Å². The minimum Gasteiger partial charge on any atom is -0.491 e. The summed E-state index contributed by atoms with van der Waals surface area (Å²) in [7, 11) is 0. The van der Waals surface area contributed by atoms with E-state index in [1.54, 1.807) is 0 Å². The van der Waals surface area contributed by atoms with Gasteiger partial charge in [-0.2, -0.15) is 5.10 Å². The number of piperidine rings is 1. The van der Waals surface area contributed by atoms with Gasteiger partial charge in [0.15, 0.2) is 0 Å². The van der Waals surface area contributed by atoms with E-state index < -0.39 is 6.10 Å². The Labute approximate surface area is 137 Å². The molecule has 0 unspecified atom stereocenters. The molecule has 3 rings (SSSR count). The maximum atomic E-state index is 10.2. The van der Waals surface area contributed by atoms with Crippen molar-refractivity contribution in [3.05, 3.63) is 47.8 Å². The quantitative estimate of drug-likeness (QED) is 0.859. The Kier molecular flexibility index (Phi) is 5.31. The third-order valence-electron chi connectivity index (χ3n) is 4.48. The number of rotatable bonds is 6. The Hall–Kier alpha value is -1.85. The van der Waals surface area contributed by atoms with Gasteiger partial charge >= 0.3 is 0 Å². The molecule has 0 spiro atoms. The van der Waals surface area contributed by atoms with Crippen LogP contribution in [0.4, 0.5) is 0 Å². The van der Waals surface area contributed by atoms with Gasteiger partial charge in [-0.05, 0) is 51.1 Å². The highest BCUT2D eigenvalue weighted by molar-refractivity contribution is 5.26. The fourth-order valence-electron chi connectivity index (χ4n) is 3.10.